The molecule has 1 aliphatic heterocycles. The number of carbonyl (C=O) groups excluding carboxylic acids is 1. The van der Waals surface area contributed by atoms with Gasteiger partial charge < -0.3 is 20.2 Å². The van der Waals surface area contributed by atoms with Crippen LogP contribution < -0.4 is 5.32 Å². The van der Waals surface area contributed by atoms with E-state index in [1.54, 1.807) is 0 Å². The van der Waals surface area contributed by atoms with Gasteiger partial charge in [0, 0.05) is 38.8 Å². The zero-order chi connectivity index (χ0) is 14.3. The van der Waals surface area contributed by atoms with Gasteiger partial charge in [-0.3, -0.25) is 0 Å². The molecule has 112 valence electrons. The largest absolute Gasteiger partial charge is 0.396 e. The summed E-state index contributed by atoms with van der Waals surface area (Å²) in [6, 6.07) is 0.557. The molecule has 19 heavy (non-hydrogen) atoms. The summed E-state index contributed by atoms with van der Waals surface area (Å²) < 4.78 is 0. The number of amides is 2. The first-order valence-electron chi connectivity index (χ1n) is 7.42. The Hall–Kier alpha value is -0.810. The van der Waals surface area contributed by atoms with E-state index in [1.807, 2.05) is 4.90 Å². The van der Waals surface area contributed by atoms with E-state index in [0.717, 1.165) is 32.4 Å². The molecule has 2 atom stereocenters. The van der Waals surface area contributed by atoms with E-state index >= 15 is 0 Å². The number of urea groups is 1. The number of aliphatic hydroxyl groups is 1. The molecule has 0 bridgehead atoms. The van der Waals surface area contributed by atoms with Crippen molar-refractivity contribution in [1.82, 2.24) is 15.1 Å². The minimum atomic E-state index is 0.00991. The molecule has 1 fully saturated rings. The van der Waals surface area contributed by atoms with Gasteiger partial charge in [-0.2, -0.15) is 0 Å². The maximum atomic E-state index is 12.0. The van der Waals surface area contributed by atoms with Crippen molar-refractivity contribution < 1.29 is 9.90 Å². The molecule has 0 spiro atoms. The molecule has 5 heteroatoms. The van der Waals surface area contributed by atoms with E-state index in [4.69, 9.17) is 5.11 Å². The van der Waals surface area contributed by atoms with E-state index < -0.39 is 0 Å². The zero-order valence-corrected chi connectivity index (χ0v) is 12.6. The highest BCUT2D eigenvalue weighted by atomic mass is 16.3. The van der Waals surface area contributed by atoms with Crippen LogP contribution in [-0.2, 0) is 0 Å². The van der Waals surface area contributed by atoms with Crippen LogP contribution in [0.5, 0.6) is 0 Å². The van der Waals surface area contributed by atoms with Gasteiger partial charge in [0.25, 0.3) is 0 Å². The molecule has 2 amide bonds. The van der Waals surface area contributed by atoms with Crippen LogP contribution in [0.1, 0.15) is 33.1 Å². The number of nitrogens with zero attached hydrogens (tertiary/aromatic N) is 2. The van der Waals surface area contributed by atoms with Crippen LogP contribution in [-0.4, -0.2) is 66.8 Å². The van der Waals surface area contributed by atoms with Gasteiger partial charge in [0.2, 0.25) is 0 Å². The average molecular weight is 271 g/mol. The van der Waals surface area contributed by atoms with E-state index in [1.165, 1.54) is 0 Å². The summed E-state index contributed by atoms with van der Waals surface area (Å²) >= 11 is 0. The molecule has 0 radical (unpaired) electrons. The van der Waals surface area contributed by atoms with E-state index in [9.17, 15) is 4.79 Å². The lowest BCUT2D eigenvalue weighted by Gasteiger charge is -2.32. The molecule has 0 aromatic rings. The normalized spacial score (nSPS) is 21.5. The summed E-state index contributed by atoms with van der Waals surface area (Å²) in [4.78, 5) is 16.1. The molecular weight excluding hydrogens is 242 g/mol. The number of hydrogen-bond acceptors (Lipinski definition) is 3. The molecule has 1 heterocycles. The Morgan fingerprint density at radius 2 is 2.32 bits per heavy atom. The first-order valence-corrected chi connectivity index (χ1v) is 7.42. The minimum Gasteiger partial charge on any atom is -0.396 e. The molecule has 1 aliphatic rings. The number of hydrogen-bond donors (Lipinski definition) is 2. The van der Waals surface area contributed by atoms with Gasteiger partial charge in [-0.1, -0.05) is 6.92 Å². The molecule has 0 aliphatic carbocycles. The first kappa shape index (κ1) is 16.2. The number of piperidine rings is 1. The zero-order valence-electron chi connectivity index (χ0n) is 12.6. The summed E-state index contributed by atoms with van der Waals surface area (Å²) in [7, 11) is 2.09. The Balaban J connectivity index is 2.23. The second-order valence-corrected chi connectivity index (χ2v) is 5.61. The van der Waals surface area contributed by atoms with Crippen molar-refractivity contribution >= 4 is 6.03 Å². The molecule has 1 rings (SSSR count). The first-order chi connectivity index (χ1) is 9.08. The van der Waals surface area contributed by atoms with E-state index in [0.29, 0.717) is 19.1 Å². The van der Waals surface area contributed by atoms with Crippen molar-refractivity contribution in [3.8, 4) is 0 Å². The Morgan fingerprint density at radius 1 is 1.58 bits per heavy atom. The predicted octanol–water partition coefficient (Wildman–Crippen LogP) is 1.13. The predicted molar refractivity (Wildman–Crippen MR) is 77.2 cm³/mol. The van der Waals surface area contributed by atoms with E-state index in [2.05, 4.69) is 31.1 Å². The Bertz CT molecular complexity index is 273. The van der Waals surface area contributed by atoms with Crippen molar-refractivity contribution in [2.75, 3.05) is 39.8 Å². The van der Waals surface area contributed by atoms with Crippen molar-refractivity contribution in [2.45, 2.75) is 39.2 Å². The maximum Gasteiger partial charge on any atom is 0.317 e. The van der Waals surface area contributed by atoms with E-state index in [-0.39, 0.29) is 18.6 Å². The lowest BCUT2D eigenvalue weighted by molar-refractivity contribution is 0.129. The smallest absolute Gasteiger partial charge is 0.317 e. The van der Waals surface area contributed by atoms with Crippen molar-refractivity contribution in [3.05, 3.63) is 0 Å². The summed E-state index contributed by atoms with van der Waals surface area (Å²) in [5.74, 6) is 0.252. The van der Waals surface area contributed by atoms with Crippen LogP contribution in [0, 0.1) is 5.92 Å². The number of nitrogens with one attached hydrogen (secondary N) is 1. The Labute approximate surface area is 117 Å². The number of likely N-dealkylation sites (tertiary alicyclic amines) is 1. The minimum absolute atomic E-state index is 0.00991. The topological polar surface area (TPSA) is 55.8 Å². The monoisotopic (exact) mass is 271 g/mol. The molecule has 2 unspecified atom stereocenters. The SMILES string of the molecule is CCC(C)N(C)CCNC(=O)N1CCCC(CO)C1. The summed E-state index contributed by atoms with van der Waals surface area (Å²) in [5, 5.41) is 12.1. The number of aliphatic hydroxyl groups excluding tert-OH is 1. The lowest BCUT2D eigenvalue weighted by atomic mass is 9.99. The highest BCUT2D eigenvalue weighted by molar-refractivity contribution is 5.74. The van der Waals surface area contributed by atoms with Gasteiger partial charge in [0.15, 0.2) is 0 Å². The summed E-state index contributed by atoms with van der Waals surface area (Å²) in [5.41, 5.74) is 0. The quantitative estimate of drug-likeness (QED) is 0.761. The van der Waals surface area contributed by atoms with Crippen LogP contribution in [0.25, 0.3) is 0 Å². The van der Waals surface area contributed by atoms with Gasteiger partial charge in [0.05, 0.1) is 0 Å². The van der Waals surface area contributed by atoms with Crippen LogP contribution >= 0.6 is 0 Å². The van der Waals surface area contributed by atoms with Crippen molar-refractivity contribution in [3.63, 3.8) is 0 Å². The molecule has 0 saturated carbocycles. The van der Waals surface area contributed by atoms with Gasteiger partial charge >= 0.3 is 6.03 Å². The van der Waals surface area contributed by atoms with Gasteiger partial charge in [0.1, 0.15) is 0 Å². The molecule has 0 aromatic carbocycles. The third kappa shape index (κ3) is 5.37. The highest BCUT2D eigenvalue weighted by Gasteiger charge is 2.22. The van der Waals surface area contributed by atoms with Crippen molar-refractivity contribution in [2.24, 2.45) is 5.92 Å². The second-order valence-electron chi connectivity index (χ2n) is 5.61. The van der Waals surface area contributed by atoms with Crippen molar-refractivity contribution in [1.29, 1.82) is 0 Å². The maximum absolute atomic E-state index is 12.0. The summed E-state index contributed by atoms with van der Waals surface area (Å²) in [6.07, 6.45) is 3.14. The van der Waals surface area contributed by atoms with Gasteiger partial charge in [-0.25, -0.2) is 4.79 Å². The number of likely N-dealkylation sites (N-methyl/N-ethyl adjacent to an activating group) is 1. The number of carbonyl (C=O) groups is 1. The standard InChI is InChI=1S/C14H29N3O2/c1-4-12(2)16(3)9-7-15-14(19)17-8-5-6-13(10-17)11-18/h12-13,18H,4-11H2,1-3H3,(H,15,19). The molecular formula is C14H29N3O2. The number of rotatable bonds is 6. The van der Waals surface area contributed by atoms with Gasteiger partial charge in [-0.05, 0) is 39.2 Å². The third-order valence-corrected chi connectivity index (χ3v) is 4.15. The van der Waals surface area contributed by atoms with Crippen LogP contribution in [0.15, 0.2) is 0 Å². The molecule has 2 N–H and O–H groups in total. The summed E-state index contributed by atoms with van der Waals surface area (Å²) in [6.45, 7) is 7.59. The van der Waals surface area contributed by atoms with Crippen LogP contribution in [0.2, 0.25) is 0 Å². The Kier molecular flexibility index (Phi) is 7.16. The molecule has 1 saturated heterocycles. The highest BCUT2D eigenvalue weighted by Crippen LogP contribution is 2.15. The fourth-order valence-corrected chi connectivity index (χ4v) is 2.38. The second kappa shape index (κ2) is 8.38. The third-order valence-electron chi connectivity index (χ3n) is 4.15. The fraction of sp³-hybridized carbons (Fsp3) is 0.929. The fourth-order valence-electron chi connectivity index (χ4n) is 2.38. The van der Waals surface area contributed by atoms with Crippen LogP contribution in [0.3, 0.4) is 0 Å². The van der Waals surface area contributed by atoms with Gasteiger partial charge in [-0.15, -0.1) is 0 Å². The molecule has 5 nitrogen and oxygen atoms in total. The molecule has 0 aromatic heterocycles. The lowest BCUT2D eigenvalue weighted by Crippen LogP contribution is -2.48. The van der Waals surface area contributed by atoms with Crippen LogP contribution in [0.4, 0.5) is 4.79 Å². The average Bonchev–Trinajstić information content (AvgIpc) is 2.46. The Morgan fingerprint density at radius 3 is 2.95 bits per heavy atom.